The van der Waals surface area contributed by atoms with Crippen LogP contribution >= 0.6 is 0 Å². The number of piperidine rings is 1. The van der Waals surface area contributed by atoms with Crippen molar-refractivity contribution in [2.75, 3.05) is 26.7 Å². The van der Waals surface area contributed by atoms with Crippen molar-refractivity contribution in [1.29, 1.82) is 0 Å². The lowest BCUT2D eigenvalue weighted by atomic mass is 9.84. The fraction of sp³-hybridized carbons (Fsp3) is 0.381. The van der Waals surface area contributed by atoms with Gasteiger partial charge in [0.1, 0.15) is 17.9 Å². The predicted octanol–water partition coefficient (Wildman–Crippen LogP) is 2.75. The second-order valence-electron chi connectivity index (χ2n) is 7.98. The largest absolute Gasteiger partial charge is 0.472 e. The van der Waals surface area contributed by atoms with Crippen LogP contribution in [0.4, 0.5) is 4.39 Å². The third kappa shape index (κ3) is 3.04. The van der Waals surface area contributed by atoms with Gasteiger partial charge < -0.3 is 13.9 Å². The normalized spacial score (nSPS) is 18.8. The van der Waals surface area contributed by atoms with Crippen LogP contribution in [-0.4, -0.2) is 57.2 Å². The van der Waals surface area contributed by atoms with Crippen LogP contribution in [0.5, 0.6) is 0 Å². The first-order valence-corrected chi connectivity index (χ1v) is 9.76. The van der Waals surface area contributed by atoms with Crippen LogP contribution in [0.1, 0.15) is 29.0 Å². The molecule has 0 atom stereocenters. The molecule has 29 heavy (non-hydrogen) atoms. The minimum absolute atomic E-state index is 0.000465. The Morgan fingerprint density at radius 2 is 1.90 bits per heavy atom. The van der Waals surface area contributed by atoms with Gasteiger partial charge in [0.15, 0.2) is 5.82 Å². The maximum absolute atomic E-state index is 13.4. The first-order valence-electron chi connectivity index (χ1n) is 9.76. The van der Waals surface area contributed by atoms with Gasteiger partial charge in [-0.2, -0.15) is 0 Å². The fourth-order valence-electron chi connectivity index (χ4n) is 4.65. The summed E-state index contributed by atoms with van der Waals surface area (Å²) in [6.07, 6.45) is 4.62. The van der Waals surface area contributed by atoms with Crippen molar-refractivity contribution in [3.63, 3.8) is 0 Å². The number of benzene rings is 1. The maximum Gasteiger partial charge on any atom is 0.257 e. The summed E-state index contributed by atoms with van der Waals surface area (Å²) in [6.45, 7) is 2.88. The summed E-state index contributed by atoms with van der Waals surface area (Å²) in [5.41, 5.74) is 1.24. The molecule has 5 rings (SSSR count). The first kappa shape index (κ1) is 18.1. The highest BCUT2D eigenvalue weighted by molar-refractivity contribution is 5.93. The number of carbonyl (C=O) groups excluding carboxylic acids is 1. The molecule has 1 aromatic carbocycles. The monoisotopic (exact) mass is 395 g/mol. The van der Waals surface area contributed by atoms with Crippen molar-refractivity contribution in [3.05, 3.63) is 60.1 Å². The van der Waals surface area contributed by atoms with Gasteiger partial charge in [0.25, 0.3) is 5.91 Å². The number of halogens is 1. The van der Waals surface area contributed by atoms with E-state index >= 15 is 0 Å². The third-order valence-electron chi connectivity index (χ3n) is 6.03. The molecule has 0 N–H and O–H groups in total. The minimum Gasteiger partial charge on any atom is -0.472 e. The summed E-state index contributed by atoms with van der Waals surface area (Å²) in [5, 5.41) is 8.88. The lowest BCUT2D eigenvalue weighted by Gasteiger charge is -2.48. The number of fused-ring (bicyclic) bond motifs is 2. The summed E-state index contributed by atoms with van der Waals surface area (Å²) in [7, 11) is 2.08. The van der Waals surface area contributed by atoms with Crippen molar-refractivity contribution in [2.24, 2.45) is 0 Å². The van der Waals surface area contributed by atoms with E-state index in [0.717, 1.165) is 36.6 Å². The number of likely N-dealkylation sites (tertiary alicyclic amines) is 1. The van der Waals surface area contributed by atoms with Crippen LogP contribution in [0.15, 0.2) is 47.3 Å². The number of likely N-dealkylation sites (N-methyl/N-ethyl adjacent to an activating group) is 1. The van der Waals surface area contributed by atoms with Gasteiger partial charge in [-0.3, -0.25) is 9.69 Å². The molecule has 2 aromatic heterocycles. The summed E-state index contributed by atoms with van der Waals surface area (Å²) < 4.78 is 20.7. The summed E-state index contributed by atoms with van der Waals surface area (Å²) in [4.78, 5) is 16.8. The number of carbonyl (C=O) groups is 1. The Bertz CT molecular complexity index is 1020. The smallest absolute Gasteiger partial charge is 0.257 e. The van der Waals surface area contributed by atoms with E-state index in [1.54, 1.807) is 18.2 Å². The van der Waals surface area contributed by atoms with Gasteiger partial charge in [-0.25, -0.2) is 4.39 Å². The van der Waals surface area contributed by atoms with E-state index in [9.17, 15) is 9.18 Å². The van der Waals surface area contributed by atoms with E-state index in [1.165, 1.54) is 24.7 Å². The SMILES string of the molecule is CN1Cc2nnc(-c3ccc(F)cc3)n2C2(CCN(C(=O)c3ccoc3)CC2)C1. The molecule has 8 heteroatoms. The zero-order chi connectivity index (χ0) is 20.0. The Morgan fingerprint density at radius 3 is 2.59 bits per heavy atom. The molecule has 0 radical (unpaired) electrons. The highest BCUT2D eigenvalue weighted by Gasteiger charge is 2.44. The number of furan rings is 1. The van der Waals surface area contributed by atoms with Crippen LogP contribution in [0, 0.1) is 5.82 Å². The molecule has 0 bridgehead atoms. The van der Waals surface area contributed by atoms with Crippen molar-refractivity contribution >= 4 is 5.91 Å². The van der Waals surface area contributed by atoms with Gasteiger partial charge in [-0.1, -0.05) is 0 Å². The molecule has 2 aliphatic heterocycles. The number of amides is 1. The Morgan fingerprint density at radius 1 is 1.14 bits per heavy atom. The zero-order valence-electron chi connectivity index (χ0n) is 16.2. The molecule has 0 unspecified atom stereocenters. The van der Waals surface area contributed by atoms with Gasteiger partial charge >= 0.3 is 0 Å². The quantitative estimate of drug-likeness (QED) is 0.668. The van der Waals surface area contributed by atoms with E-state index in [2.05, 4.69) is 26.7 Å². The Labute approximate surface area is 167 Å². The molecular formula is C21H22FN5O2. The van der Waals surface area contributed by atoms with Crippen molar-refractivity contribution < 1.29 is 13.6 Å². The van der Waals surface area contributed by atoms with E-state index in [-0.39, 0.29) is 17.3 Å². The molecule has 1 fully saturated rings. The average molecular weight is 395 g/mol. The highest BCUT2D eigenvalue weighted by Crippen LogP contribution is 2.39. The van der Waals surface area contributed by atoms with Gasteiger partial charge in [-0.15, -0.1) is 10.2 Å². The van der Waals surface area contributed by atoms with Crippen LogP contribution < -0.4 is 0 Å². The van der Waals surface area contributed by atoms with Crippen molar-refractivity contribution in [3.8, 4) is 11.4 Å². The van der Waals surface area contributed by atoms with Gasteiger partial charge in [0.05, 0.1) is 23.9 Å². The van der Waals surface area contributed by atoms with E-state index in [0.29, 0.717) is 25.2 Å². The van der Waals surface area contributed by atoms with E-state index in [4.69, 9.17) is 4.42 Å². The highest BCUT2D eigenvalue weighted by atomic mass is 19.1. The second kappa shape index (κ2) is 6.81. The molecular weight excluding hydrogens is 373 g/mol. The van der Waals surface area contributed by atoms with Crippen LogP contribution in [-0.2, 0) is 12.1 Å². The number of rotatable bonds is 2. The lowest BCUT2D eigenvalue weighted by Crippen LogP contribution is -2.56. The van der Waals surface area contributed by atoms with E-state index in [1.807, 2.05) is 4.90 Å². The fourth-order valence-corrected chi connectivity index (χ4v) is 4.65. The molecule has 1 spiro atoms. The summed E-state index contributed by atoms with van der Waals surface area (Å²) in [6, 6.07) is 8.09. The standard InChI is InChI=1S/C21H22FN5O2/c1-25-12-18-23-24-19(15-2-4-17(22)5-3-15)27(18)21(14-25)7-9-26(10-8-21)20(28)16-6-11-29-13-16/h2-6,11,13H,7-10,12,14H2,1H3. The number of hydrogen-bond acceptors (Lipinski definition) is 5. The molecule has 0 aliphatic carbocycles. The van der Waals surface area contributed by atoms with Gasteiger partial charge in [0, 0.05) is 25.2 Å². The summed E-state index contributed by atoms with van der Waals surface area (Å²) >= 11 is 0. The Kier molecular flexibility index (Phi) is 4.24. The topological polar surface area (TPSA) is 67.4 Å². The molecule has 3 aromatic rings. The third-order valence-corrected chi connectivity index (χ3v) is 6.03. The molecule has 2 aliphatic rings. The molecule has 7 nitrogen and oxygen atoms in total. The molecule has 150 valence electrons. The number of nitrogens with zero attached hydrogens (tertiary/aromatic N) is 5. The van der Waals surface area contributed by atoms with Crippen molar-refractivity contribution in [1.82, 2.24) is 24.6 Å². The maximum atomic E-state index is 13.4. The van der Waals surface area contributed by atoms with Crippen LogP contribution in [0.2, 0.25) is 0 Å². The molecule has 4 heterocycles. The molecule has 1 amide bonds. The van der Waals surface area contributed by atoms with Crippen molar-refractivity contribution in [2.45, 2.75) is 24.9 Å². The lowest BCUT2D eigenvalue weighted by molar-refractivity contribution is 0.0409. The molecule has 0 saturated carbocycles. The minimum atomic E-state index is -0.271. The van der Waals surface area contributed by atoms with Gasteiger partial charge in [0.2, 0.25) is 0 Å². The van der Waals surface area contributed by atoms with E-state index < -0.39 is 0 Å². The first-order chi connectivity index (χ1) is 14.1. The Balaban J connectivity index is 1.47. The number of aromatic nitrogens is 3. The molecule has 1 saturated heterocycles. The summed E-state index contributed by atoms with van der Waals surface area (Å²) in [5.74, 6) is 1.41. The van der Waals surface area contributed by atoms with Crippen LogP contribution in [0.25, 0.3) is 11.4 Å². The van der Waals surface area contributed by atoms with Gasteiger partial charge in [-0.05, 0) is 50.2 Å². The average Bonchev–Trinajstić information content (AvgIpc) is 3.39. The second-order valence-corrected chi connectivity index (χ2v) is 7.98. The van der Waals surface area contributed by atoms with Crippen LogP contribution in [0.3, 0.4) is 0 Å². The Hall–Kier alpha value is -3.00. The zero-order valence-corrected chi connectivity index (χ0v) is 16.2. The predicted molar refractivity (Wildman–Crippen MR) is 104 cm³/mol. The number of hydrogen-bond donors (Lipinski definition) is 0.